The highest BCUT2D eigenvalue weighted by atomic mass is 16.5. The molecule has 0 saturated heterocycles. The van der Waals surface area contributed by atoms with E-state index in [2.05, 4.69) is 13.8 Å². The van der Waals surface area contributed by atoms with E-state index in [0.717, 1.165) is 12.3 Å². The van der Waals surface area contributed by atoms with Crippen LogP contribution in [-0.4, -0.2) is 12.6 Å². The maximum atomic E-state index is 11.2. The zero-order valence-electron chi connectivity index (χ0n) is 10.7. The van der Waals surface area contributed by atoms with Crippen LogP contribution in [0.15, 0.2) is 0 Å². The second-order valence-corrected chi connectivity index (χ2v) is 5.06. The molecular weight excluding hydrogens is 188 g/mol. The van der Waals surface area contributed by atoms with Gasteiger partial charge in [0.2, 0.25) is 0 Å². The molecule has 0 saturated carbocycles. The number of ether oxygens (including phenoxy) is 1. The Hall–Kier alpha value is -0.530. The Morgan fingerprint density at radius 1 is 1.00 bits per heavy atom. The van der Waals surface area contributed by atoms with E-state index in [9.17, 15) is 4.79 Å². The second kappa shape index (κ2) is 8.75. The number of carbonyl (C=O) groups excluding carboxylic acids is 1. The highest BCUT2D eigenvalue weighted by molar-refractivity contribution is 5.69. The summed E-state index contributed by atoms with van der Waals surface area (Å²) in [5.74, 6) is 1.14. The first-order valence-corrected chi connectivity index (χ1v) is 6.18. The third-order valence-electron chi connectivity index (χ3n) is 2.26. The van der Waals surface area contributed by atoms with Gasteiger partial charge in [0.05, 0.1) is 6.61 Å². The molecule has 0 fully saturated rings. The van der Waals surface area contributed by atoms with Crippen molar-refractivity contribution in [3.05, 3.63) is 0 Å². The summed E-state index contributed by atoms with van der Waals surface area (Å²) >= 11 is 0. The van der Waals surface area contributed by atoms with Gasteiger partial charge in [-0.25, -0.2) is 0 Å². The lowest BCUT2D eigenvalue weighted by atomic mass is 10.1. The smallest absolute Gasteiger partial charge is 0.306 e. The average Bonchev–Trinajstić information content (AvgIpc) is 2.09. The fraction of sp³-hybridized carbons (Fsp3) is 0.923. The van der Waals surface area contributed by atoms with Crippen molar-refractivity contribution in [2.45, 2.75) is 59.8 Å². The lowest BCUT2D eigenvalue weighted by Gasteiger charge is -2.07. The second-order valence-electron chi connectivity index (χ2n) is 5.06. The number of esters is 1. The van der Waals surface area contributed by atoms with E-state index in [4.69, 9.17) is 4.74 Å². The minimum absolute atomic E-state index is 0.0474. The third kappa shape index (κ3) is 11.4. The molecule has 0 aliphatic heterocycles. The summed E-state index contributed by atoms with van der Waals surface area (Å²) in [7, 11) is 0. The molecule has 0 rings (SSSR count). The van der Waals surface area contributed by atoms with Gasteiger partial charge >= 0.3 is 5.97 Å². The van der Waals surface area contributed by atoms with E-state index in [-0.39, 0.29) is 5.97 Å². The van der Waals surface area contributed by atoms with Gasteiger partial charge < -0.3 is 4.74 Å². The summed E-state index contributed by atoms with van der Waals surface area (Å²) in [6, 6.07) is 0. The molecule has 0 spiro atoms. The van der Waals surface area contributed by atoms with Crippen molar-refractivity contribution in [3.63, 3.8) is 0 Å². The van der Waals surface area contributed by atoms with Gasteiger partial charge in [-0.15, -0.1) is 0 Å². The van der Waals surface area contributed by atoms with Crippen molar-refractivity contribution >= 4 is 5.97 Å². The summed E-state index contributed by atoms with van der Waals surface area (Å²) in [5.41, 5.74) is 0. The molecule has 0 radical (unpaired) electrons. The number of hydrogen-bond acceptors (Lipinski definition) is 2. The number of hydrogen-bond donors (Lipinski definition) is 0. The lowest BCUT2D eigenvalue weighted by molar-refractivity contribution is -0.144. The molecule has 0 bridgehead atoms. The molecule has 0 aliphatic rings. The van der Waals surface area contributed by atoms with Crippen LogP contribution in [0.25, 0.3) is 0 Å². The van der Waals surface area contributed by atoms with Crippen molar-refractivity contribution < 1.29 is 9.53 Å². The Morgan fingerprint density at radius 2 is 1.67 bits per heavy atom. The molecule has 2 heteroatoms. The SMILES string of the molecule is CC(C)CCCCCOC(=O)CC(C)C. The molecule has 2 nitrogen and oxygen atoms in total. The molecule has 15 heavy (non-hydrogen) atoms. The molecule has 0 aromatic carbocycles. The summed E-state index contributed by atoms with van der Waals surface area (Å²) in [6.07, 6.45) is 5.26. The molecule has 0 heterocycles. The van der Waals surface area contributed by atoms with Crippen molar-refractivity contribution in [2.75, 3.05) is 6.61 Å². The number of rotatable bonds is 8. The van der Waals surface area contributed by atoms with Crippen molar-refractivity contribution in [2.24, 2.45) is 11.8 Å². The summed E-state index contributed by atoms with van der Waals surface area (Å²) in [5, 5.41) is 0. The van der Waals surface area contributed by atoms with Gasteiger partial charge in [0.15, 0.2) is 0 Å². The van der Waals surface area contributed by atoms with E-state index in [1.165, 1.54) is 19.3 Å². The first kappa shape index (κ1) is 14.5. The zero-order chi connectivity index (χ0) is 11.7. The quantitative estimate of drug-likeness (QED) is 0.454. The van der Waals surface area contributed by atoms with Gasteiger partial charge in [-0.1, -0.05) is 47.0 Å². The fourth-order valence-corrected chi connectivity index (χ4v) is 1.41. The van der Waals surface area contributed by atoms with Crippen LogP contribution in [-0.2, 0) is 9.53 Å². The van der Waals surface area contributed by atoms with Gasteiger partial charge in [-0.2, -0.15) is 0 Å². The molecule has 0 N–H and O–H groups in total. The largest absolute Gasteiger partial charge is 0.466 e. The van der Waals surface area contributed by atoms with E-state index < -0.39 is 0 Å². The van der Waals surface area contributed by atoms with E-state index in [0.29, 0.717) is 18.9 Å². The molecule has 0 amide bonds. The first-order valence-electron chi connectivity index (χ1n) is 6.18. The molecule has 0 atom stereocenters. The molecule has 0 aromatic heterocycles. The topological polar surface area (TPSA) is 26.3 Å². The average molecular weight is 214 g/mol. The summed E-state index contributed by atoms with van der Waals surface area (Å²) in [4.78, 5) is 11.2. The molecule has 0 aliphatic carbocycles. The lowest BCUT2D eigenvalue weighted by Crippen LogP contribution is -2.08. The maximum Gasteiger partial charge on any atom is 0.306 e. The minimum atomic E-state index is -0.0474. The van der Waals surface area contributed by atoms with Crippen molar-refractivity contribution in [1.82, 2.24) is 0 Å². The first-order chi connectivity index (χ1) is 7.02. The Kier molecular flexibility index (Phi) is 8.44. The standard InChI is InChI=1S/C13H26O2/c1-11(2)8-6-5-7-9-15-13(14)10-12(3)4/h11-12H,5-10H2,1-4H3. The highest BCUT2D eigenvalue weighted by Crippen LogP contribution is 2.08. The summed E-state index contributed by atoms with van der Waals surface area (Å²) in [6.45, 7) is 9.14. The van der Waals surface area contributed by atoms with Crippen LogP contribution in [0.4, 0.5) is 0 Å². The molecule has 90 valence electrons. The van der Waals surface area contributed by atoms with Crippen LogP contribution in [0.3, 0.4) is 0 Å². The van der Waals surface area contributed by atoms with Crippen LogP contribution >= 0.6 is 0 Å². The number of carbonyl (C=O) groups is 1. The fourth-order valence-electron chi connectivity index (χ4n) is 1.41. The van der Waals surface area contributed by atoms with Gasteiger partial charge in [-0.3, -0.25) is 4.79 Å². The molecule has 0 unspecified atom stereocenters. The van der Waals surface area contributed by atoms with Crippen LogP contribution in [0.1, 0.15) is 59.8 Å². The van der Waals surface area contributed by atoms with Crippen LogP contribution in [0.5, 0.6) is 0 Å². The van der Waals surface area contributed by atoms with Crippen LogP contribution in [0, 0.1) is 11.8 Å². The van der Waals surface area contributed by atoms with Gasteiger partial charge in [0, 0.05) is 6.42 Å². The monoisotopic (exact) mass is 214 g/mol. The minimum Gasteiger partial charge on any atom is -0.466 e. The Labute approximate surface area is 94.4 Å². The van der Waals surface area contributed by atoms with Gasteiger partial charge in [0.1, 0.15) is 0 Å². The van der Waals surface area contributed by atoms with E-state index in [1.807, 2.05) is 13.8 Å². The highest BCUT2D eigenvalue weighted by Gasteiger charge is 2.05. The van der Waals surface area contributed by atoms with E-state index in [1.54, 1.807) is 0 Å². The third-order valence-corrected chi connectivity index (χ3v) is 2.26. The van der Waals surface area contributed by atoms with Crippen LogP contribution in [0.2, 0.25) is 0 Å². The zero-order valence-corrected chi connectivity index (χ0v) is 10.7. The van der Waals surface area contributed by atoms with Crippen molar-refractivity contribution in [1.29, 1.82) is 0 Å². The normalized spacial score (nSPS) is 11.1. The van der Waals surface area contributed by atoms with Gasteiger partial charge in [0.25, 0.3) is 0 Å². The van der Waals surface area contributed by atoms with Crippen LogP contribution < -0.4 is 0 Å². The van der Waals surface area contributed by atoms with E-state index >= 15 is 0 Å². The predicted molar refractivity (Wildman–Crippen MR) is 63.7 cm³/mol. The van der Waals surface area contributed by atoms with Gasteiger partial charge in [-0.05, 0) is 18.3 Å². The molecular formula is C13H26O2. The molecule has 0 aromatic rings. The Balaban J connectivity index is 3.20. The summed E-state index contributed by atoms with van der Waals surface area (Å²) < 4.78 is 5.12. The Bertz CT molecular complexity index is 162. The Morgan fingerprint density at radius 3 is 2.20 bits per heavy atom. The van der Waals surface area contributed by atoms with Crippen molar-refractivity contribution in [3.8, 4) is 0 Å². The predicted octanol–water partition coefficient (Wildman–Crippen LogP) is 3.79. The number of unbranched alkanes of at least 4 members (excludes halogenated alkanes) is 2. The maximum absolute atomic E-state index is 11.2.